The Hall–Kier alpha value is -11.8. The molecule has 4 aliphatic carbocycles. The van der Waals surface area contributed by atoms with Crippen molar-refractivity contribution in [1.82, 2.24) is 79.0 Å². The van der Waals surface area contributed by atoms with E-state index in [9.17, 15) is 33.7 Å². The first-order valence-electron chi connectivity index (χ1n) is 42.6. The van der Waals surface area contributed by atoms with E-state index in [2.05, 4.69) is 74.7 Å². The lowest BCUT2D eigenvalue weighted by atomic mass is 10.1. The molecule has 0 saturated heterocycles. The van der Waals surface area contributed by atoms with Crippen molar-refractivity contribution in [3.8, 4) is 50.8 Å². The molecule has 0 atom stereocenters. The number of anilines is 8. The zero-order valence-electron chi connectivity index (χ0n) is 72.0. The predicted molar refractivity (Wildman–Crippen MR) is 529 cm³/mol. The average Bonchev–Trinajstić information content (AvgIpc) is 1.61. The molecule has 12 N–H and O–H groups in total. The highest BCUT2D eigenvalue weighted by atomic mass is 79.9. The van der Waals surface area contributed by atoms with Gasteiger partial charge in [0.2, 0.25) is 0 Å². The maximum absolute atomic E-state index is 15.2. The molecule has 0 unspecified atom stereocenters. The molecule has 49 heteroatoms. The van der Waals surface area contributed by atoms with Crippen LogP contribution in [0.1, 0.15) is 127 Å². The molecule has 4 aliphatic rings. The Morgan fingerprint density at radius 2 is 0.630 bits per heavy atom. The summed E-state index contributed by atoms with van der Waals surface area (Å²) >= 11 is 45.2. The maximum atomic E-state index is 15.2. The summed E-state index contributed by atoms with van der Waals surface area (Å²) in [6, 6.07) is 32.6. The van der Waals surface area contributed by atoms with Crippen molar-refractivity contribution in [3.05, 3.63) is 228 Å². The van der Waals surface area contributed by atoms with Gasteiger partial charge in [0.25, 0.3) is 40.1 Å². The van der Waals surface area contributed by atoms with Crippen LogP contribution in [0, 0.1) is 23.3 Å². The monoisotopic (exact) mass is 2150 g/mol. The molecule has 4 fully saturated rings. The minimum absolute atomic E-state index is 0.0728. The first-order chi connectivity index (χ1) is 66.0. The fourth-order valence-electron chi connectivity index (χ4n) is 17.3. The topological polar surface area (TPSA) is 472 Å². The van der Waals surface area contributed by atoms with Crippen LogP contribution in [-0.2, 0) is 40.1 Å². The standard InChI is InChI=1S/C23H22BrFN6O3S.C22H18Cl3FN6O2S.2C22H19Cl2FN6O2S/c1-34-18-9-7-14(24)11-19(18)35(32,33)30-17-8-6-13(10-16(17)25)21-20-22(26)27-12-28-23(20)31(29-21)15-4-2-3-5-15;23-12-8-14(24)20(15(25)9-12)35(33,34)31-17-6-5-11(7-16(17)26)19-18-21(27)28-10-29-22(18)32(30-19)13-3-1-2-4-13;23-14-6-3-7-17(19(14)24)34(32,33)30-16-9-8-12(10-15(16)25)20-18-21(26)27-11-28-22(18)31(29-20)13-4-1-2-5-13;23-14-6-3-7-15(24)20(14)34(32,33)30-17-9-8-12(10-16(17)25)19-18-21(26)27-11-28-22(18)31(29-19)13-4-1-2-5-13/h6-12,15,30H,2-5H2,1H3,(H2,26,27,28);5-10,13,31H,1-4H2,(H2,27,28,29);2*3,6-11,13,30H,1-2,4-5H2,(H2,26,27,28). The third-order valence-electron chi connectivity index (χ3n) is 23.7. The van der Waals surface area contributed by atoms with Gasteiger partial charge in [0.15, 0.2) is 22.6 Å². The van der Waals surface area contributed by atoms with E-state index >= 15 is 17.6 Å². The van der Waals surface area contributed by atoms with Crippen LogP contribution < -0.4 is 46.6 Å². The van der Waals surface area contributed by atoms with E-state index < -0.39 is 68.3 Å². The second-order valence-corrected chi connectivity index (χ2v) is 42.9. The molecule has 20 rings (SSSR count). The Morgan fingerprint density at radius 3 is 0.935 bits per heavy atom. The lowest BCUT2D eigenvalue weighted by Gasteiger charge is -2.13. The number of ether oxygens (including phenoxy) is 1. The third-order valence-corrected chi connectivity index (χ3v) is 32.8. The number of nitrogens with two attached hydrogens (primary N) is 4. The predicted octanol–water partition coefficient (Wildman–Crippen LogP) is 21.9. The summed E-state index contributed by atoms with van der Waals surface area (Å²) in [5.74, 6) is -2.09. The molecule has 716 valence electrons. The number of methoxy groups -OCH3 is 1. The number of fused-ring (bicyclic) bond motifs is 4. The largest absolute Gasteiger partial charge is 0.495 e. The van der Waals surface area contributed by atoms with E-state index in [4.69, 9.17) is 129 Å². The van der Waals surface area contributed by atoms with E-state index in [1.54, 1.807) is 30.3 Å². The third kappa shape index (κ3) is 20.0. The van der Waals surface area contributed by atoms with Gasteiger partial charge < -0.3 is 27.7 Å². The first kappa shape index (κ1) is 97.8. The van der Waals surface area contributed by atoms with Gasteiger partial charge in [-0.05, 0) is 154 Å². The molecule has 8 aromatic heterocycles. The van der Waals surface area contributed by atoms with Gasteiger partial charge in [0, 0.05) is 31.7 Å². The van der Waals surface area contributed by atoms with Gasteiger partial charge in [0.05, 0.1) is 106 Å². The van der Waals surface area contributed by atoms with Crippen molar-refractivity contribution >= 4 is 227 Å². The number of nitrogens with zero attached hydrogens (tertiary/aromatic N) is 16. The lowest BCUT2D eigenvalue weighted by molar-refractivity contribution is 0.402. The van der Waals surface area contributed by atoms with Gasteiger partial charge in [0.1, 0.15) is 120 Å². The fourth-order valence-corrected chi connectivity index (χ4v) is 25.7. The van der Waals surface area contributed by atoms with Crippen LogP contribution in [-0.4, -0.2) is 120 Å². The minimum atomic E-state index is -4.31. The van der Waals surface area contributed by atoms with Crippen molar-refractivity contribution in [1.29, 1.82) is 0 Å². The molecule has 8 aromatic carbocycles. The zero-order chi connectivity index (χ0) is 97.7. The zero-order valence-corrected chi connectivity index (χ0v) is 82.2. The van der Waals surface area contributed by atoms with Crippen molar-refractivity contribution in [2.75, 3.05) is 48.9 Å². The molecule has 138 heavy (non-hydrogen) atoms. The van der Waals surface area contributed by atoms with E-state index in [0.717, 1.165) is 103 Å². The Labute approximate surface area is 829 Å². The second-order valence-electron chi connectivity index (χ2n) is 32.6. The van der Waals surface area contributed by atoms with Crippen LogP contribution in [0.4, 0.5) is 63.6 Å². The number of aromatic nitrogens is 16. The highest BCUT2D eigenvalue weighted by Crippen LogP contribution is 2.46. The Kier molecular flexibility index (Phi) is 28.5. The van der Waals surface area contributed by atoms with Crippen LogP contribution in [0.3, 0.4) is 0 Å². The molecule has 0 amide bonds. The fraction of sp³-hybridized carbons (Fsp3) is 0.236. The molecule has 0 bridgehead atoms. The van der Waals surface area contributed by atoms with Crippen molar-refractivity contribution in [2.24, 2.45) is 0 Å². The Bertz CT molecular complexity index is 7960. The molecule has 4 saturated carbocycles. The summed E-state index contributed by atoms with van der Waals surface area (Å²) in [7, 11) is -15.5. The molecule has 8 heterocycles. The van der Waals surface area contributed by atoms with Crippen LogP contribution in [0.15, 0.2) is 189 Å². The minimum Gasteiger partial charge on any atom is -0.495 e. The number of hydrogen-bond donors (Lipinski definition) is 8. The quantitative estimate of drug-likeness (QED) is 0.0310. The number of nitrogen functional groups attached to an aromatic ring is 4. The number of nitrogens with one attached hydrogen (secondary N) is 4. The molecule has 0 radical (unpaired) electrons. The van der Waals surface area contributed by atoms with Crippen LogP contribution >= 0.6 is 97.1 Å². The molecule has 33 nitrogen and oxygen atoms in total. The highest BCUT2D eigenvalue weighted by molar-refractivity contribution is 9.10. The summed E-state index contributed by atoms with van der Waals surface area (Å²) in [4.78, 5) is 32.7. The Balaban J connectivity index is 0.000000127. The molecular formula is C89H78BrCl7F4N24O9S4. The normalized spacial score (nSPS) is 14.6. The highest BCUT2D eigenvalue weighted by Gasteiger charge is 2.34. The summed E-state index contributed by atoms with van der Waals surface area (Å²) in [5, 5.41) is 20.6. The second kappa shape index (κ2) is 40.2. The van der Waals surface area contributed by atoms with Crippen LogP contribution in [0.2, 0.25) is 35.2 Å². The first-order valence-corrected chi connectivity index (χ1v) is 51.9. The van der Waals surface area contributed by atoms with Gasteiger partial charge in [-0.2, -0.15) is 20.4 Å². The number of rotatable bonds is 21. The number of halogens is 12. The molecule has 16 aromatic rings. The molecular weight excluding hydrogens is 2080 g/mol. The van der Waals surface area contributed by atoms with Gasteiger partial charge in [-0.25, -0.2) is 110 Å². The van der Waals surface area contributed by atoms with Gasteiger partial charge in [-0.3, -0.25) is 18.9 Å². The van der Waals surface area contributed by atoms with Crippen LogP contribution in [0.25, 0.3) is 89.2 Å². The SMILES string of the molecule is COc1ccc(Br)cc1S(=O)(=O)Nc1ccc(-c2nn(C3CCCC3)c3ncnc(N)c23)cc1F.Nc1ncnc2c1c(-c1ccc(NS(=O)(=O)c3c(Cl)cc(Cl)cc3Cl)c(F)c1)nn2C1CCCC1.Nc1ncnc2c1c(-c1ccc(NS(=O)(=O)c3c(Cl)cccc3Cl)c(F)c1)nn2C1CCCC1.Nc1ncnc2c1c(-c1ccc(NS(=O)(=O)c3cccc(Cl)c3Cl)c(F)c1)nn2C1CCCC1. The average molecular weight is 2160 g/mol. The van der Waals surface area contributed by atoms with E-state index in [0.29, 0.717) is 93.6 Å². The van der Waals surface area contributed by atoms with E-state index in [-0.39, 0.29) is 126 Å². The molecule has 0 spiro atoms. The van der Waals surface area contributed by atoms with Crippen molar-refractivity contribution in [2.45, 2.75) is 146 Å². The lowest BCUT2D eigenvalue weighted by Crippen LogP contribution is -2.15. The smallest absolute Gasteiger partial charge is 0.265 e. The summed E-state index contributed by atoms with van der Waals surface area (Å²) in [6.07, 6.45) is 22.1. The van der Waals surface area contributed by atoms with E-state index in [1.807, 2.05) is 18.7 Å². The number of hydrogen-bond acceptors (Lipinski definition) is 25. The number of benzene rings is 8. The van der Waals surface area contributed by atoms with Gasteiger partial charge in [-0.15, -0.1) is 0 Å². The van der Waals surface area contributed by atoms with E-state index in [1.165, 1.54) is 142 Å². The summed E-state index contributed by atoms with van der Waals surface area (Å²) in [6.45, 7) is 0. The van der Waals surface area contributed by atoms with Crippen molar-refractivity contribution < 1.29 is 56.0 Å². The summed E-state index contributed by atoms with van der Waals surface area (Å²) < 4.78 is 185. The molecule has 0 aliphatic heterocycles. The maximum Gasteiger partial charge on any atom is 0.265 e. The van der Waals surface area contributed by atoms with Gasteiger partial charge >= 0.3 is 0 Å². The van der Waals surface area contributed by atoms with Crippen molar-refractivity contribution in [3.63, 3.8) is 0 Å². The number of sulfonamides is 4. The van der Waals surface area contributed by atoms with Crippen LogP contribution in [0.5, 0.6) is 5.75 Å². The summed E-state index contributed by atoms with van der Waals surface area (Å²) in [5.41, 5.74) is 29.3. The van der Waals surface area contributed by atoms with Gasteiger partial charge in [-0.1, -0.05) is 185 Å². The Morgan fingerprint density at radius 1 is 0.348 bits per heavy atom.